The number of nitro benzene ring substituents is 1. The van der Waals surface area contributed by atoms with E-state index >= 15 is 0 Å². The van der Waals surface area contributed by atoms with Crippen LogP contribution in [0.15, 0.2) is 66.1 Å². The van der Waals surface area contributed by atoms with Crippen LogP contribution in [0.4, 0.5) is 5.69 Å². The quantitative estimate of drug-likeness (QED) is 0.0406. The molecule has 2 aliphatic heterocycles. The zero-order chi connectivity index (χ0) is 37.7. The Bertz CT molecular complexity index is 2110. The number of hydrogen-bond donors (Lipinski definition) is 3. The van der Waals surface area contributed by atoms with Crippen LogP contribution < -0.4 is 22.5 Å². The molecule has 25 heteroatoms. The number of aromatic nitrogens is 4. The molecular weight excluding hydrogens is 717 g/mol. The number of azide groups is 2. The highest BCUT2D eigenvalue weighted by Crippen LogP contribution is 2.54. The van der Waals surface area contributed by atoms with Gasteiger partial charge < -0.3 is 14.6 Å². The van der Waals surface area contributed by atoms with Crippen molar-refractivity contribution in [3.8, 4) is 0 Å². The molecule has 7 atom stereocenters. The summed E-state index contributed by atoms with van der Waals surface area (Å²) in [6.45, 7) is 1.51. The normalized spacial score (nSPS) is 24.4. The fourth-order valence-electron chi connectivity index (χ4n) is 5.45. The standard InChI is InChI=1S/C27H30N11O13P/c1-13-9-36(26(42)30-23(13)39)21-7-17(32-34-28)19(49-21)11-47-52(46,51-25(41)15-4-3-5-16(6-15)38(44)45)48-12-20-18(33-35-29)8-22(50-20)37-10-14(2)24(40)31-27(37)43/h3-6,9-10,17-22,25,41H,7-8,11-12H2,1-2H3,(H,30,39,42)(H,31,40,43)/t17-,18-,19+,20+,21+,22+,25?/m0/s1. The van der Waals surface area contributed by atoms with Crippen molar-refractivity contribution in [1.29, 1.82) is 0 Å². The second-order valence-corrected chi connectivity index (χ2v) is 13.2. The van der Waals surface area contributed by atoms with E-state index in [0.29, 0.717) is 0 Å². The molecule has 276 valence electrons. The van der Waals surface area contributed by atoms with Crippen LogP contribution in [0.2, 0.25) is 0 Å². The molecule has 4 heterocycles. The number of aliphatic hydroxyl groups is 1. The number of nitrogens with zero attached hydrogens (tertiary/aromatic N) is 9. The monoisotopic (exact) mass is 747 g/mol. The van der Waals surface area contributed by atoms with Gasteiger partial charge in [0.05, 0.1) is 42.4 Å². The Hall–Kier alpha value is -5.41. The molecule has 0 spiro atoms. The van der Waals surface area contributed by atoms with Gasteiger partial charge in [0, 0.05) is 63.9 Å². The van der Waals surface area contributed by atoms with E-state index in [0.717, 1.165) is 21.3 Å². The number of aliphatic hydroxyl groups excluding tert-OH is 1. The van der Waals surface area contributed by atoms with E-state index in [-0.39, 0.29) is 29.5 Å². The van der Waals surface area contributed by atoms with Crippen LogP contribution in [0.3, 0.4) is 0 Å². The molecule has 52 heavy (non-hydrogen) atoms. The van der Waals surface area contributed by atoms with Crippen LogP contribution in [0.25, 0.3) is 20.9 Å². The van der Waals surface area contributed by atoms with Crippen LogP contribution >= 0.6 is 7.82 Å². The first-order chi connectivity index (χ1) is 24.7. The number of H-pyrrole nitrogens is 2. The van der Waals surface area contributed by atoms with Crippen molar-refractivity contribution in [1.82, 2.24) is 19.1 Å². The highest BCUT2D eigenvalue weighted by molar-refractivity contribution is 7.48. The Balaban J connectivity index is 1.39. The van der Waals surface area contributed by atoms with E-state index < -0.39 is 97.2 Å². The van der Waals surface area contributed by atoms with Crippen molar-refractivity contribution < 1.29 is 37.6 Å². The summed E-state index contributed by atoms with van der Waals surface area (Å²) in [6.07, 6.45) is -4.36. The number of hydrogen-bond acceptors (Lipinski definition) is 15. The minimum absolute atomic E-state index is 0.0828. The molecule has 3 aromatic rings. The minimum atomic E-state index is -4.99. The summed E-state index contributed by atoms with van der Waals surface area (Å²) in [4.78, 5) is 69.1. The summed E-state index contributed by atoms with van der Waals surface area (Å²) < 4.78 is 44.5. The number of aromatic amines is 2. The maximum atomic E-state index is 14.2. The highest BCUT2D eigenvalue weighted by Gasteiger charge is 2.42. The lowest BCUT2D eigenvalue weighted by molar-refractivity contribution is -0.385. The van der Waals surface area contributed by atoms with Gasteiger partial charge in [0.2, 0.25) is 0 Å². The van der Waals surface area contributed by atoms with E-state index in [1.165, 1.54) is 38.4 Å². The third-order valence-electron chi connectivity index (χ3n) is 8.11. The number of non-ortho nitro benzene ring substituents is 1. The maximum Gasteiger partial charge on any atom is 0.477 e. The van der Waals surface area contributed by atoms with Crippen molar-refractivity contribution in [2.75, 3.05) is 13.2 Å². The van der Waals surface area contributed by atoms with Crippen molar-refractivity contribution >= 4 is 13.5 Å². The molecule has 0 radical (unpaired) electrons. The van der Waals surface area contributed by atoms with E-state index in [1.807, 2.05) is 0 Å². The molecule has 2 saturated heterocycles. The highest BCUT2D eigenvalue weighted by atomic mass is 31.2. The number of aryl methyl sites for hydroxylation is 2. The summed E-state index contributed by atoms with van der Waals surface area (Å²) in [5, 5.41) is 29.5. The van der Waals surface area contributed by atoms with E-state index in [2.05, 4.69) is 30.0 Å². The number of rotatable bonds is 14. The van der Waals surface area contributed by atoms with Gasteiger partial charge >= 0.3 is 19.2 Å². The predicted octanol–water partition coefficient (Wildman–Crippen LogP) is 2.39. The third-order valence-corrected chi connectivity index (χ3v) is 9.50. The molecule has 2 aromatic heterocycles. The summed E-state index contributed by atoms with van der Waals surface area (Å²) in [5.41, 5.74) is 15.2. The SMILES string of the molecule is Cc1cn([C@H]2C[C@H](N=[N+]=[N-])[C@@H](COP(=O)(OC[C@H]3O[C@@H](n4cc(C)c(=O)[nH]c4=O)C[C@@H]3N=[N+]=[N-])OC(O)c3cccc([N+](=O)[O-])c3)O2)c(=O)[nH]c1=O. The van der Waals surface area contributed by atoms with E-state index in [1.54, 1.807) is 0 Å². The van der Waals surface area contributed by atoms with Gasteiger partial charge in [-0.05, 0) is 24.9 Å². The fourth-order valence-corrected chi connectivity index (χ4v) is 6.67. The zero-order valence-electron chi connectivity index (χ0n) is 27.2. The molecule has 0 bridgehead atoms. The molecule has 24 nitrogen and oxygen atoms in total. The molecule has 1 aromatic carbocycles. The molecule has 5 rings (SSSR count). The van der Waals surface area contributed by atoms with Crippen molar-refractivity contribution in [2.24, 2.45) is 10.2 Å². The number of ether oxygens (including phenoxy) is 2. The Morgan fingerprint density at radius 1 is 0.962 bits per heavy atom. The van der Waals surface area contributed by atoms with Gasteiger partial charge in [-0.3, -0.25) is 52.4 Å². The summed E-state index contributed by atoms with van der Waals surface area (Å²) in [7, 11) is -4.99. The van der Waals surface area contributed by atoms with Crippen LogP contribution in [0, 0.1) is 24.0 Å². The van der Waals surface area contributed by atoms with Gasteiger partial charge in [-0.2, -0.15) is 0 Å². The molecule has 1 unspecified atom stereocenters. The fraction of sp³-hybridized carbons (Fsp3) is 0.481. The molecule has 2 aliphatic rings. The predicted molar refractivity (Wildman–Crippen MR) is 174 cm³/mol. The molecule has 0 saturated carbocycles. The Kier molecular flexibility index (Phi) is 11.5. The first-order valence-corrected chi connectivity index (χ1v) is 16.7. The molecule has 3 N–H and O–H groups in total. The van der Waals surface area contributed by atoms with Gasteiger partial charge in [-0.25, -0.2) is 14.2 Å². The Morgan fingerprint density at radius 3 is 1.88 bits per heavy atom. The average Bonchev–Trinajstić information content (AvgIpc) is 3.70. The summed E-state index contributed by atoms with van der Waals surface area (Å²) in [6, 6.07) is 2.53. The van der Waals surface area contributed by atoms with E-state index in [4.69, 9.17) is 34.1 Å². The van der Waals surface area contributed by atoms with Crippen LogP contribution in [0.5, 0.6) is 0 Å². The van der Waals surface area contributed by atoms with Gasteiger partial charge in [-0.1, -0.05) is 22.4 Å². The maximum absolute atomic E-state index is 14.2. The molecule has 0 amide bonds. The minimum Gasteiger partial charge on any atom is -0.364 e. The van der Waals surface area contributed by atoms with Crippen molar-refractivity contribution in [2.45, 2.75) is 69.7 Å². The number of nitro groups is 1. The molecular formula is C27H30N11O13P. The van der Waals surface area contributed by atoms with Gasteiger partial charge in [-0.15, -0.1) is 0 Å². The first-order valence-electron chi connectivity index (χ1n) is 15.2. The van der Waals surface area contributed by atoms with E-state index in [9.17, 15) is 39.0 Å². The Morgan fingerprint density at radius 2 is 1.44 bits per heavy atom. The van der Waals surface area contributed by atoms with Gasteiger partial charge in [0.15, 0.2) is 6.29 Å². The van der Waals surface area contributed by atoms with Gasteiger partial charge in [0.1, 0.15) is 12.5 Å². The lowest BCUT2D eigenvalue weighted by Crippen LogP contribution is -2.33. The number of nitrogens with one attached hydrogen (secondary N) is 2. The number of benzene rings is 1. The summed E-state index contributed by atoms with van der Waals surface area (Å²) >= 11 is 0. The lowest BCUT2D eigenvalue weighted by Gasteiger charge is -2.25. The number of phosphoric ester groups is 1. The van der Waals surface area contributed by atoms with Crippen LogP contribution in [0.1, 0.15) is 48.3 Å². The van der Waals surface area contributed by atoms with Crippen molar-refractivity contribution in [3.05, 3.63) is 126 Å². The van der Waals surface area contributed by atoms with Gasteiger partial charge in [0.25, 0.3) is 16.8 Å². The first kappa shape index (κ1) is 37.8. The molecule has 0 aliphatic carbocycles. The van der Waals surface area contributed by atoms with Crippen LogP contribution in [-0.4, -0.2) is 66.6 Å². The zero-order valence-corrected chi connectivity index (χ0v) is 28.0. The second kappa shape index (κ2) is 15.9. The second-order valence-electron chi connectivity index (χ2n) is 11.6. The largest absolute Gasteiger partial charge is 0.477 e. The average molecular weight is 748 g/mol. The molecule has 2 fully saturated rings. The van der Waals surface area contributed by atoms with Crippen molar-refractivity contribution in [3.63, 3.8) is 0 Å². The number of phosphoric acid groups is 1. The summed E-state index contributed by atoms with van der Waals surface area (Å²) in [5.74, 6) is 0. The topological polar surface area (TPSA) is 334 Å². The third kappa shape index (κ3) is 8.54. The smallest absolute Gasteiger partial charge is 0.364 e. The lowest BCUT2D eigenvalue weighted by atomic mass is 10.1. The van der Waals surface area contributed by atoms with Crippen LogP contribution in [-0.2, 0) is 27.6 Å². The Labute approximate surface area is 289 Å².